The summed E-state index contributed by atoms with van der Waals surface area (Å²) in [6, 6.07) is 2.02. The summed E-state index contributed by atoms with van der Waals surface area (Å²) in [6.45, 7) is 11.9. The van der Waals surface area contributed by atoms with Gasteiger partial charge < -0.3 is 15.1 Å². The van der Waals surface area contributed by atoms with Crippen LogP contribution in [0, 0.1) is 6.92 Å². The van der Waals surface area contributed by atoms with Crippen LogP contribution >= 0.6 is 11.3 Å². The largest absolute Gasteiger partial charge is 0.362 e. The fourth-order valence-electron chi connectivity index (χ4n) is 2.90. The molecule has 3 rings (SSSR count). The molecule has 0 spiro atoms. The number of thiazole rings is 1. The summed E-state index contributed by atoms with van der Waals surface area (Å²) >= 11 is 1.47. The summed E-state index contributed by atoms with van der Waals surface area (Å²) in [5.74, 6) is 2.13. The van der Waals surface area contributed by atoms with Crippen LogP contribution in [-0.4, -0.2) is 58.5 Å². The number of nitrogens with one attached hydrogen (secondary N) is 1. The number of rotatable bonds is 5. The molecule has 1 amide bonds. The predicted octanol–water partition coefficient (Wildman–Crippen LogP) is 2.76. The fraction of sp³-hybridized carbons (Fsp3) is 0.556. The Morgan fingerprint density at radius 1 is 1.23 bits per heavy atom. The first-order chi connectivity index (χ1) is 12.5. The molecule has 1 fully saturated rings. The SMILES string of the molecule is CCNc1nc(C(=O)N2CCN(c3cc(C)nc(C(C)C)n3)CC2)cs1. The zero-order valence-corrected chi connectivity index (χ0v) is 16.6. The first kappa shape index (κ1) is 18.6. The highest BCUT2D eigenvalue weighted by Gasteiger charge is 2.25. The number of hydrogen-bond acceptors (Lipinski definition) is 7. The van der Waals surface area contributed by atoms with Crippen molar-refractivity contribution >= 4 is 28.2 Å². The maximum absolute atomic E-state index is 12.7. The van der Waals surface area contributed by atoms with Crippen LogP contribution in [0.2, 0.25) is 0 Å². The summed E-state index contributed by atoms with van der Waals surface area (Å²) in [6.07, 6.45) is 0. The van der Waals surface area contributed by atoms with Crippen LogP contribution in [-0.2, 0) is 0 Å². The maximum Gasteiger partial charge on any atom is 0.273 e. The van der Waals surface area contributed by atoms with Crippen molar-refractivity contribution in [1.29, 1.82) is 0 Å². The zero-order valence-electron chi connectivity index (χ0n) is 15.8. The van der Waals surface area contributed by atoms with Gasteiger partial charge in [0.1, 0.15) is 17.3 Å². The molecule has 0 bridgehead atoms. The van der Waals surface area contributed by atoms with Crippen LogP contribution in [0.3, 0.4) is 0 Å². The van der Waals surface area contributed by atoms with E-state index in [1.807, 2.05) is 30.2 Å². The molecule has 2 aromatic rings. The zero-order chi connectivity index (χ0) is 18.7. The van der Waals surface area contributed by atoms with Crippen molar-refractivity contribution in [2.45, 2.75) is 33.6 Å². The highest BCUT2D eigenvalue weighted by Crippen LogP contribution is 2.20. The minimum Gasteiger partial charge on any atom is -0.362 e. The Kier molecular flexibility index (Phi) is 5.70. The Hall–Kier alpha value is -2.22. The van der Waals surface area contributed by atoms with Gasteiger partial charge in [-0.05, 0) is 13.8 Å². The minimum absolute atomic E-state index is 0.00629. The Morgan fingerprint density at radius 3 is 2.62 bits per heavy atom. The Bertz CT molecular complexity index is 767. The Morgan fingerprint density at radius 2 is 1.96 bits per heavy atom. The number of piperazine rings is 1. The van der Waals surface area contributed by atoms with Crippen LogP contribution in [0.1, 0.15) is 48.7 Å². The van der Waals surface area contributed by atoms with Gasteiger partial charge in [0.05, 0.1) is 0 Å². The van der Waals surface area contributed by atoms with E-state index >= 15 is 0 Å². The molecule has 1 aliphatic heterocycles. The number of hydrogen-bond donors (Lipinski definition) is 1. The molecule has 3 heterocycles. The fourth-order valence-corrected chi connectivity index (χ4v) is 3.66. The number of anilines is 2. The van der Waals surface area contributed by atoms with Gasteiger partial charge in [0.25, 0.3) is 5.91 Å². The van der Waals surface area contributed by atoms with Gasteiger partial charge in [-0.1, -0.05) is 13.8 Å². The van der Waals surface area contributed by atoms with Crippen LogP contribution in [0.4, 0.5) is 10.9 Å². The monoisotopic (exact) mass is 374 g/mol. The second-order valence-corrected chi connectivity index (χ2v) is 7.59. The van der Waals surface area contributed by atoms with Crippen molar-refractivity contribution in [2.24, 2.45) is 0 Å². The van der Waals surface area contributed by atoms with Gasteiger partial charge >= 0.3 is 0 Å². The van der Waals surface area contributed by atoms with E-state index in [-0.39, 0.29) is 5.91 Å². The van der Waals surface area contributed by atoms with Crippen LogP contribution in [0.25, 0.3) is 0 Å². The predicted molar refractivity (Wildman–Crippen MR) is 105 cm³/mol. The number of aromatic nitrogens is 3. The smallest absolute Gasteiger partial charge is 0.273 e. The quantitative estimate of drug-likeness (QED) is 0.867. The highest BCUT2D eigenvalue weighted by atomic mass is 32.1. The van der Waals surface area contributed by atoms with E-state index in [0.717, 1.165) is 42.1 Å². The molecule has 26 heavy (non-hydrogen) atoms. The van der Waals surface area contributed by atoms with E-state index in [1.54, 1.807) is 0 Å². The summed E-state index contributed by atoms with van der Waals surface area (Å²) in [7, 11) is 0. The molecule has 7 nitrogen and oxygen atoms in total. The lowest BCUT2D eigenvalue weighted by Crippen LogP contribution is -2.49. The topological polar surface area (TPSA) is 74.2 Å². The van der Waals surface area contributed by atoms with Crippen molar-refractivity contribution in [1.82, 2.24) is 19.9 Å². The molecular formula is C18H26N6OS. The molecule has 0 aromatic carbocycles. The van der Waals surface area contributed by atoms with E-state index < -0.39 is 0 Å². The Balaban J connectivity index is 1.64. The average molecular weight is 375 g/mol. The molecule has 0 aliphatic carbocycles. The molecule has 0 saturated carbocycles. The number of carbonyl (C=O) groups is 1. The molecule has 0 radical (unpaired) electrons. The van der Waals surface area contributed by atoms with Crippen molar-refractivity contribution in [3.8, 4) is 0 Å². The summed E-state index contributed by atoms with van der Waals surface area (Å²) < 4.78 is 0. The molecule has 8 heteroatoms. The van der Waals surface area contributed by atoms with Crippen LogP contribution in [0.5, 0.6) is 0 Å². The lowest BCUT2D eigenvalue weighted by Gasteiger charge is -2.35. The van der Waals surface area contributed by atoms with Gasteiger partial charge in [-0.25, -0.2) is 15.0 Å². The molecule has 140 valence electrons. The van der Waals surface area contributed by atoms with E-state index in [0.29, 0.717) is 24.7 Å². The summed E-state index contributed by atoms with van der Waals surface area (Å²) in [5.41, 5.74) is 1.51. The van der Waals surface area contributed by atoms with Crippen molar-refractivity contribution < 1.29 is 4.79 Å². The van der Waals surface area contributed by atoms with Gasteiger partial charge in [0.15, 0.2) is 5.13 Å². The molecule has 0 unspecified atom stereocenters. The van der Waals surface area contributed by atoms with E-state index in [9.17, 15) is 4.79 Å². The number of amides is 1. The van der Waals surface area contributed by atoms with Crippen molar-refractivity contribution in [2.75, 3.05) is 42.9 Å². The van der Waals surface area contributed by atoms with Gasteiger partial charge in [-0.2, -0.15) is 0 Å². The molecule has 1 N–H and O–H groups in total. The van der Waals surface area contributed by atoms with Crippen molar-refractivity contribution in [3.63, 3.8) is 0 Å². The van der Waals surface area contributed by atoms with E-state index in [4.69, 9.17) is 4.98 Å². The normalized spacial score (nSPS) is 14.8. The first-order valence-electron chi connectivity index (χ1n) is 9.07. The lowest BCUT2D eigenvalue weighted by molar-refractivity contribution is 0.0741. The van der Waals surface area contributed by atoms with Gasteiger partial charge in [0.2, 0.25) is 0 Å². The van der Waals surface area contributed by atoms with Crippen molar-refractivity contribution in [3.05, 3.63) is 28.7 Å². The summed E-state index contributed by atoms with van der Waals surface area (Å²) in [4.78, 5) is 30.4. The number of nitrogens with zero attached hydrogens (tertiary/aromatic N) is 5. The highest BCUT2D eigenvalue weighted by molar-refractivity contribution is 7.13. The second kappa shape index (κ2) is 7.99. The minimum atomic E-state index is 0.00629. The molecule has 2 aromatic heterocycles. The van der Waals surface area contributed by atoms with Crippen LogP contribution < -0.4 is 10.2 Å². The van der Waals surface area contributed by atoms with Crippen LogP contribution in [0.15, 0.2) is 11.4 Å². The first-order valence-corrected chi connectivity index (χ1v) is 9.95. The Labute approximate surface area is 158 Å². The summed E-state index contributed by atoms with van der Waals surface area (Å²) in [5, 5.41) is 5.78. The molecule has 0 atom stereocenters. The number of aryl methyl sites for hydroxylation is 1. The standard InChI is InChI=1S/C18H26N6OS/c1-5-19-18-21-14(11-26-18)17(25)24-8-6-23(7-9-24)15-10-13(4)20-16(22-15)12(2)3/h10-12H,5-9H2,1-4H3,(H,19,21). The number of carbonyl (C=O) groups excluding carboxylic acids is 1. The average Bonchev–Trinajstić information content (AvgIpc) is 3.09. The third-order valence-corrected chi connectivity index (χ3v) is 5.12. The second-order valence-electron chi connectivity index (χ2n) is 6.73. The lowest BCUT2D eigenvalue weighted by atomic mass is 10.2. The van der Waals surface area contributed by atoms with Gasteiger partial charge in [-0.15, -0.1) is 11.3 Å². The maximum atomic E-state index is 12.7. The van der Waals surface area contributed by atoms with E-state index in [1.165, 1.54) is 11.3 Å². The van der Waals surface area contributed by atoms with Gasteiger partial charge in [0, 0.05) is 55.8 Å². The molecule has 1 aliphatic rings. The third kappa shape index (κ3) is 4.12. The van der Waals surface area contributed by atoms with Gasteiger partial charge in [-0.3, -0.25) is 4.79 Å². The third-order valence-electron chi connectivity index (χ3n) is 4.32. The molecule has 1 saturated heterocycles. The molecular weight excluding hydrogens is 348 g/mol. The van der Waals surface area contributed by atoms with E-state index in [2.05, 4.69) is 34.0 Å².